The van der Waals surface area contributed by atoms with Crippen molar-refractivity contribution in [2.75, 3.05) is 13.2 Å². The molecule has 0 saturated heterocycles. The van der Waals surface area contributed by atoms with Gasteiger partial charge in [0.05, 0.1) is 0 Å². The molecule has 0 heterocycles. The van der Waals surface area contributed by atoms with Crippen molar-refractivity contribution >= 4 is 25.0 Å². The Morgan fingerprint density at radius 3 is 2.13 bits per heavy atom. The van der Waals surface area contributed by atoms with Gasteiger partial charge in [-0.25, -0.2) is 9.59 Å². The molecule has 0 aliphatic heterocycles. The van der Waals surface area contributed by atoms with Crippen LogP contribution in [0.25, 0.3) is 11.1 Å². The van der Waals surface area contributed by atoms with Crippen molar-refractivity contribution in [1.82, 2.24) is 5.32 Å². The van der Waals surface area contributed by atoms with E-state index in [-0.39, 0.29) is 19.1 Å². The summed E-state index contributed by atoms with van der Waals surface area (Å²) in [5.74, 6) is -0.660. The van der Waals surface area contributed by atoms with E-state index >= 15 is 0 Å². The number of hydrogen-bond acceptors (Lipinski definition) is 5. The Kier molecular flexibility index (Phi) is 4.52. The van der Waals surface area contributed by atoms with Crippen LogP contribution in [0.3, 0.4) is 0 Å². The van der Waals surface area contributed by atoms with E-state index in [0.29, 0.717) is 0 Å². The fourth-order valence-corrected chi connectivity index (χ4v) is 2.89. The van der Waals surface area contributed by atoms with Gasteiger partial charge >= 0.3 is 12.1 Å². The van der Waals surface area contributed by atoms with E-state index in [1.165, 1.54) is 0 Å². The van der Waals surface area contributed by atoms with Crippen LogP contribution in [0.1, 0.15) is 17.0 Å². The molecule has 2 aromatic rings. The Bertz CT molecular complexity index is 701. The number of ether oxygens (including phenoxy) is 1. The molecule has 6 heteroatoms. The smallest absolute Gasteiger partial charge is 0.407 e. The summed E-state index contributed by atoms with van der Waals surface area (Å²) in [5.41, 5.74) is 4.60. The van der Waals surface area contributed by atoms with Crippen molar-refractivity contribution < 1.29 is 18.5 Å². The van der Waals surface area contributed by atoms with Gasteiger partial charge in [-0.05, 0) is 22.3 Å². The Morgan fingerprint density at radius 2 is 1.57 bits per heavy atom. The molecule has 1 amide bonds. The number of fused-ring (bicyclic) bond motifs is 3. The van der Waals surface area contributed by atoms with E-state index in [1.54, 1.807) is 0 Å². The van der Waals surface area contributed by atoms with Crippen LogP contribution in [-0.4, -0.2) is 25.2 Å². The van der Waals surface area contributed by atoms with Gasteiger partial charge in [-0.3, -0.25) is 0 Å². The average molecular weight is 329 g/mol. The largest absolute Gasteiger partial charge is 0.449 e. The lowest BCUT2D eigenvalue weighted by Gasteiger charge is -2.14. The topological polar surface area (TPSA) is 64.6 Å². The lowest BCUT2D eigenvalue weighted by atomic mass is 9.98. The normalized spacial score (nSPS) is 12.2. The average Bonchev–Trinajstić information content (AvgIpc) is 2.92. The molecule has 0 bridgehead atoms. The van der Waals surface area contributed by atoms with Crippen molar-refractivity contribution in [3.05, 3.63) is 59.7 Å². The first-order valence-corrected chi connectivity index (χ1v) is 7.50. The number of rotatable bonds is 4. The second-order valence-corrected chi connectivity index (χ2v) is 5.32. The van der Waals surface area contributed by atoms with Crippen LogP contribution in [0.2, 0.25) is 0 Å². The molecule has 3 rings (SSSR count). The molecule has 1 N–H and O–H groups in total. The monoisotopic (exact) mass is 329 g/mol. The van der Waals surface area contributed by atoms with E-state index in [4.69, 9.17) is 4.74 Å². The number of thiol groups is 1. The number of benzene rings is 2. The molecule has 0 spiro atoms. The number of carbonyl (C=O) groups is 2. The summed E-state index contributed by atoms with van der Waals surface area (Å²) in [6.07, 6.45) is -0.661. The zero-order valence-electron chi connectivity index (χ0n) is 12.2. The number of hydrogen-bond donors (Lipinski definition) is 2. The van der Waals surface area contributed by atoms with Crippen LogP contribution in [0.4, 0.5) is 4.79 Å². The highest BCUT2D eigenvalue weighted by Gasteiger charge is 2.28. The number of amides is 1. The third kappa shape index (κ3) is 3.17. The molecule has 0 fully saturated rings. The molecule has 0 aromatic heterocycles. The zero-order valence-corrected chi connectivity index (χ0v) is 13.1. The molecule has 118 valence electrons. The molecule has 0 saturated carbocycles. The minimum atomic E-state index is -0.661. The Hall–Kier alpha value is -2.47. The second kappa shape index (κ2) is 6.75. The van der Waals surface area contributed by atoms with Gasteiger partial charge in [-0.1, -0.05) is 48.5 Å². The zero-order chi connectivity index (χ0) is 16.2. The van der Waals surface area contributed by atoms with E-state index in [2.05, 4.69) is 34.5 Å². The van der Waals surface area contributed by atoms with Gasteiger partial charge in [0.15, 0.2) is 0 Å². The van der Waals surface area contributed by atoms with Crippen LogP contribution in [0, 0.1) is 0 Å². The quantitative estimate of drug-likeness (QED) is 0.669. The molecule has 2 aromatic carbocycles. The number of alkyl carbamates (subject to hydrolysis) is 1. The summed E-state index contributed by atoms with van der Waals surface area (Å²) in [6, 6.07) is 16.1. The number of carbonyl (C=O) groups excluding carboxylic acids is 2. The minimum absolute atomic E-state index is 0.00928. The van der Waals surface area contributed by atoms with Crippen molar-refractivity contribution in [2.24, 2.45) is 0 Å². The van der Waals surface area contributed by atoms with Gasteiger partial charge in [-0.15, -0.1) is 0 Å². The molecular weight excluding hydrogens is 314 g/mol. The van der Waals surface area contributed by atoms with Crippen molar-refractivity contribution in [3.8, 4) is 11.1 Å². The van der Waals surface area contributed by atoms with Gasteiger partial charge in [-0.2, -0.15) is 0 Å². The molecule has 1 aliphatic carbocycles. The SMILES string of the molecule is O=C(CNC(=O)OCC1c2ccccc2-c2ccccc21)OS. The van der Waals surface area contributed by atoms with Crippen LogP contribution in [0.5, 0.6) is 0 Å². The molecular formula is C17H15NO4S. The standard InChI is InChI=1S/C17H15NO4S/c19-16(22-23)9-18-17(20)21-10-15-13-7-3-1-5-11(13)12-6-2-4-8-14(12)15/h1-8,15,23H,9-10H2,(H,18,20). The van der Waals surface area contributed by atoms with E-state index < -0.39 is 12.1 Å². The first kappa shape index (κ1) is 15.4. The lowest BCUT2D eigenvalue weighted by molar-refractivity contribution is -0.131. The summed E-state index contributed by atoms with van der Waals surface area (Å²) in [5, 5.41) is 2.32. The Labute approximate surface area is 139 Å². The Morgan fingerprint density at radius 1 is 1.00 bits per heavy atom. The van der Waals surface area contributed by atoms with Crippen LogP contribution < -0.4 is 5.32 Å². The van der Waals surface area contributed by atoms with Gasteiger partial charge in [0.25, 0.3) is 0 Å². The van der Waals surface area contributed by atoms with Gasteiger partial charge < -0.3 is 14.2 Å². The van der Waals surface area contributed by atoms with Gasteiger partial charge in [0.2, 0.25) is 0 Å². The molecule has 5 nitrogen and oxygen atoms in total. The van der Waals surface area contributed by atoms with Crippen molar-refractivity contribution in [3.63, 3.8) is 0 Å². The van der Waals surface area contributed by atoms with E-state index in [1.807, 2.05) is 36.4 Å². The predicted octanol–water partition coefficient (Wildman–Crippen LogP) is 2.91. The van der Waals surface area contributed by atoms with Gasteiger partial charge in [0.1, 0.15) is 13.2 Å². The summed E-state index contributed by atoms with van der Waals surface area (Å²) in [7, 11) is 0. The summed E-state index contributed by atoms with van der Waals surface area (Å²) in [6.45, 7) is -0.0735. The van der Waals surface area contributed by atoms with Crippen LogP contribution in [0.15, 0.2) is 48.5 Å². The van der Waals surface area contributed by atoms with E-state index in [9.17, 15) is 9.59 Å². The number of nitrogens with one attached hydrogen (secondary N) is 1. The van der Waals surface area contributed by atoms with Crippen molar-refractivity contribution in [2.45, 2.75) is 5.92 Å². The highest BCUT2D eigenvalue weighted by molar-refractivity contribution is 7.75. The fourth-order valence-electron chi connectivity index (χ4n) is 2.83. The van der Waals surface area contributed by atoms with Crippen LogP contribution in [-0.2, 0) is 13.7 Å². The summed E-state index contributed by atoms with van der Waals surface area (Å²) in [4.78, 5) is 22.6. The van der Waals surface area contributed by atoms with Crippen molar-refractivity contribution in [1.29, 1.82) is 0 Å². The third-order valence-electron chi connectivity index (χ3n) is 3.82. The maximum absolute atomic E-state index is 11.7. The molecule has 0 unspecified atom stereocenters. The van der Waals surface area contributed by atoms with Crippen LogP contribution >= 0.6 is 12.9 Å². The molecule has 23 heavy (non-hydrogen) atoms. The van der Waals surface area contributed by atoms with Gasteiger partial charge in [0, 0.05) is 18.8 Å². The lowest BCUT2D eigenvalue weighted by Crippen LogP contribution is -2.31. The highest BCUT2D eigenvalue weighted by atomic mass is 32.1. The Balaban J connectivity index is 1.71. The maximum Gasteiger partial charge on any atom is 0.407 e. The molecule has 0 radical (unpaired) electrons. The molecule has 0 atom stereocenters. The fraction of sp³-hybridized carbons (Fsp3) is 0.176. The second-order valence-electron chi connectivity index (χ2n) is 5.14. The first-order chi connectivity index (χ1) is 11.2. The summed E-state index contributed by atoms with van der Waals surface area (Å²) < 4.78 is 9.41. The highest BCUT2D eigenvalue weighted by Crippen LogP contribution is 2.44. The van der Waals surface area contributed by atoms with E-state index in [0.717, 1.165) is 22.3 Å². The molecule has 1 aliphatic rings. The minimum Gasteiger partial charge on any atom is -0.449 e. The summed E-state index contributed by atoms with van der Waals surface area (Å²) >= 11 is 3.36. The predicted molar refractivity (Wildman–Crippen MR) is 88.1 cm³/mol. The maximum atomic E-state index is 11.7. The first-order valence-electron chi connectivity index (χ1n) is 7.14. The third-order valence-corrected chi connectivity index (χ3v) is 4.03.